The van der Waals surface area contributed by atoms with Gasteiger partial charge in [-0.2, -0.15) is 0 Å². The van der Waals surface area contributed by atoms with Crippen molar-refractivity contribution in [2.45, 2.75) is 4.90 Å². The van der Waals surface area contributed by atoms with Crippen molar-refractivity contribution in [1.29, 1.82) is 0 Å². The molecule has 2 heterocycles. The van der Waals surface area contributed by atoms with Crippen LogP contribution in [0.1, 0.15) is 15.9 Å². The molecule has 0 aliphatic carbocycles. The third-order valence-electron chi connectivity index (χ3n) is 6.82. The van der Waals surface area contributed by atoms with E-state index in [-0.39, 0.29) is 17.4 Å². The minimum atomic E-state index is -0.476. The Morgan fingerprint density at radius 2 is 1.61 bits per heavy atom. The molecule has 0 bridgehead atoms. The fraction of sp³-hybridized carbons (Fsp3) is 0.0286. The highest BCUT2D eigenvalue weighted by atomic mass is 35.5. The molecule has 0 saturated heterocycles. The summed E-state index contributed by atoms with van der Waals surface area (Å²) in [7, 11) is 0. The summed E-state index contributed by atoms with van der Waals surface area (Å²) in [6, 6.07) is 30.9. The third kappa shape index (κ3) is 7.73. The molecule has 4 aromatic carbocycles. The van der Waals surface area contributed by atoms with Crippen LogP contribution in [0.3, 0.4) is 0 Å². The molecule has 6 rings (SSSR count). The first-order valence-electron chi connectivity index (χ1n) is 14.1. The lowest BCUT2D eigenvalue weighted by atomic mass is 10.1. The maximum absolute atomic E-state index is 13.4. The zero-order valence-electron chi connectivity index (χ0n) is 24.1. The van der Waals surface area contributed by atoms with E-state index in [9.17, 15) is 14.4 Å². The summed E-state index contributed by atoms with van der Waals surface area (Å²) in [5, 5.41) is 12.5. The molecule has 0 aliphatic heterocycles. The van der Waals surface area contributed by atoms with E-state index in [4.69, 9.17) is 11.6 Å². The van der Waals surface area contributed by atoms with Crippen LogP contribution in [0.15, 0.2) is 125 Å². The van der Waals surface area contributed by atoms with Gasteiger partial charge in [-0.3, -0.25) is 14.4 Å². The number of anilines is 2. The number of hydrogen-bond acceptors (Lipinski definition) is 6. The van der Waals surface area contributed by atoms with Crippen molar-refractivity contribution in [3.05, 3.63) is 137 Å². The highest BCUT2D eigenvalue weighted by Crippen LogP contribution is 2.27. The summed E-state index contributed by atoms with van der Waals surface area (Å²) < 4.78 is 0. The second-order valence-electron chi connectivity index (χ2n) is 10.0. The number of aromatic amines is 1. The van der Waals surface area contributed by atoms with Gasteiger partial charge in [0, 0.05) is 54.8 Å². The second kappa shape index (κ2) is 14.3. The number of rotatable bonds is 10. The number of nitrogens with zero attached hydrogens (tertiary/aromatic N) is 1. The Hall–Kier alpha value is -5.16. The second-order valence-corrected chi connectivity index (χ2v) is 12.4. The summed E-state index contributed by atoms with van der Waals surface area (Å²) >= 11 is 8.68. The lowest BCUT2D eigenvalue weighted by Crippen LogP contribution is -2.30. The summed E-state index contributed by atoms with van der Waals surface area (Å²) in [4.78, 5) is 47.5. The zero-order valence-corrected chi connectivity index (χ0v) is 26.5. The third-order valence-corrected chi connectivity index (χ3v) is 8.84. The van der Waals surface area contributed by atoms with E-state index >= 15 is 0 Å². The molecule has 0 aliphatic rings. The first kappa shape index (κ1) is 30.8. The van der Waals surface area contributed by atoms with Gasteiger partial charge in [0.1, 0.15) is 5.70 Å². The van der Waals surface area contributed by atoms with Crippen molar-refractivity contribution in [2.24, 2.45) is 0 Å². The van der Waals surface area contributed by atoms with Crippen molar-refractivity contribution in [3.63, 3.8) is 0 Å². The minimum Gasteiger partial charge on any atom is -0.361 e. The van der Waals surface area contributed by atoms with E-state index in [0.29, 0.717) is 21.4 Å². The molecule has 0 fully saturated rings. The van der Waals surface area contributed by atoms with Crippen LogP contribution in [-0.2, 0) is 9.59 Å². The molecule has 228 valence electrons. The van der Waals surface area contributed by atoms with Crippen LogP contribution in [0.25, 0.3) is 28.2 Å². The van der Waals surface area contributed by atoms with Crippen LogP contribution in [0.2, 0.25) is 5.02 Å². The number of para-hydroxylation sites is 1. The fourth-order valence-corrected chi connectivity index (χ4v) is 6.09. The first-order valence-corrected chi connectivity index (χ1v) is 16.4. The van der Waals surface area contributed by atoms with Crippen molar-refractivity contribution in [1.82, 2.24) is 15.3 Å². The Balaban J connectivity index is 1.08. The number of carbonyl (C=O) groups excluding carboxylic acids is 3. The van der Waals surface area contributed by atoms with Crippen LogP contribution < -0.4 is 16.0 Å². The van der Waals surface area contributed by atoms with Crippen LogP contribution in [-0.4, -0.2) is 33.4 Å². The highest BCUT2D eigenvalue weighted by molar-refractivity contribution is 8.00. The number of fused-ring (bicyclic) bond motifs is 1. The average molecular weight is 664 g/mol. The van der Waals surface area contributed by atoms with Crippen molar-refractivity contribution < 1.29 is 14.4 Å². The number of thiazole rings is 1. The van der Waals surface area contributed by atoms with Crippen molar-refractivity contribution >= 4 is 80.2 Å². The van der Waals surface area contributed by atoms with Crippen LogP contribution in [0.4, 0.5) is 10.8 Å². The van der Waals surface area contributed by atoms with Crippen molar-refractivity contribution in [2.75, 3.05) is 16.4 Å². The predicted molar refractivity (Wildman–Crippen MR) is 187 cm³/mol. The maximum atomic E-state index is 13.4. The Morgan fingerprint density at radius 1 is 0.870 bits per heavy atom. The van der Waals surface area contributed by atoms with Gasteiger partial charge < -0.3 is 20.9 Å². The summed E-state index contributed by atoms with van der Waals surface area (Å²) in [5.74, 6) is -0.868. The summed E-state index contributed by atoms with van der Waals surface area (Å²) in [6.45, 7) is 0. The Morgan fingerprint density at radius 3 is 2.39 bits per heavy atom. The molecule has 4 N–H and O–H groups in total. The van der Waals surface area contributed by atoms with Crippen LogP contribution >= 0.6 is 34.7 Å². The Labute approximate surface area is 277 Å². The number of benzene rings is 4. The smallest absolute Gasteiger partial charge is 0.272 e. The first-order chi connectivity index (χ1) is 22.4. The normalized spacial score (nSPS) is 11.3. The SMILES string of the molecule is O=C(CSc1ccc(NC(=O)/C(=C/c2c[nH]c3ccccc23)NC(=O)c2ccccc2)cc1)Nc1nc(-c2ccc(Cl)cc2)cs1. The van der Waals surface area contributed by atoms with Gasteiger partial charge in [-0.1, -0.05) is 60.1 Å². The summed E-state index contributed by atoms with van der Waals surface area (Å²) in [6.07, 6.45) is 3.45. The van der Waals surface area contributed by atoms with Crippen LogP contribution in [0.5, 0.6) is 0 Å². The summed E-state index contributed by atoms with van der Waals surface area (Å²) in [5.41, 5.74) is 4.42. The molecule has 6 aromatic rings. The molecular formula is C35H26ClN5O3S2. The van der Waals surface area contributed by atoms with Gasteiger partial charge in [0.25, 0.3) is 11.8 Å². The number of nitrogens with one attached hydrogen (secondary N) is 4. The molecule has 0 radical (unpaired) electrons. The zero-order chi connectivity index (χ0) is 31.9. The molecule has 0 atom stereocenters. The lowest BCUT2D eigenvalue weighted by molar-refractivity contribution is -0.114. The largest absolute Gasteiger partial charge is 0.361 e. The van der Waals surface area contributed by atoms with E-state index in [1.54, 1.807) is 60.8 Å². The number of halogens is 1. The Bertz CT molecular complexity index is 2040. The lowest BCUT2D eigenvalue weighted by Gasteiger charge is -2.12. The van der Waals surface area contributed by atoms with Gasteiger partial charge in [-0.25, -0.2) is 4.98 Å². The van der Waals surface area contributed by atoms with Gasteiger partial charge in [-0.05, 0) is 60.7 Å². The van der Waals surface area contributed by atoms with E-state index < -0.39 is 11.8 Å². The number of thioether (sulfide) groups is 1. The number of aromatic nitrogens is 2. The highest BCUT2D eigenvalue weighted by Gasteiger charge is 2.16. The number of hydrogen-bond donors (Lipinski definition) is 4. The molecule has 3 amide bonds. The monoisotopic (exact) mass is 663 g/mol. The molecule has 8 nitrogen and oxygen atoms in total. The molecule has 0 spiro atoms. The Kier molecular flexibility index (Phi) is 9.59. The predicted octanol–water partition coefficient (Wildman–Crippen LogP) is 8.09. The fourth-order valence-electron chi connectivity index (χ4n) is 4.53. The molecule has 0 unspecified atom stereocenters. The maximum Gasteiger partial charge on any atom is 0.272 e. The molecular weight excluding hydrogens is 638 g/mol. The quantitative estimate of drug-likeness (QED) is 0.0874. The number of amides is 3. The van der Waals surface area contributed by atoms with E-state index in [1.165, 1.54) is 23.1 Å². The van der Waals surface area contributed by atoms with E-state index in [1.807, 2.05) is 60.0 Å². The van der Waals surface area contributed by atoms with Gasteiger partial charge in [0.15, 0.2) is 5.13 Å². The van der Waals surface area contributed by atoms with E-state index in [0.717, 1.165) is 32.6 Å². The number of H-pyrrole nitrogens is 1. The van der Waals surface area contributed by atoms with Gasteiger partial charge in [0.05, 0.1) is 11.4 Å². The topological polar surface area (TPSA) is 116 Å². The van der Waals surface area contributed by atoms with Crippen LogP contribution in [0, 0.1) is 0 Å². The van der Waals surface area contributed by atoms with Crippen molar-refractivity contribution in [3.8, 4) is 11.3 Å². The van der Waals surface area contributed by atoms with Gasteiger partial charge >= 0.3 is 0 Å². The molecule has 0 saturated carbocycles. The molecule has 11 heteroatoms. The standard InChI is InChI=1S/C35H26ClN5O3S2/c36-25-12-10-22(11-13-25)31-20-46-35(40-31)41-32(42)21-45-27-16-14-26(15-17-27)38-34(44)30(39-33(43)23-6-2-1-3-7-23)18-24-19-37-29-9-5-4-8-28(24)29/h1-20,37H,21H2,(H,38,44)(H,39,43)(H,40,41,42)/b30-18-. The number of carbonyl (C=O) groups is 3. The van der Waals surface area contributed by atoms with Gasteiger partial charge in [0.2, 0.25) is 5.91 Å². The average Bonchev–Trinajstić information content (AvgIpc) is 3.72. The minimum absolute atomic E-state index is 0.0927. The van der Waals surface area contributed by atoms with Gasteiger partial charge in [-0.15, -0.1) is 23.1 Å². The molecule has 46 heavy (non-hydrogen) atoms. The van der Waals surface area contributed by atoms with E-state index in [2.05, 4.69) is 25.9 Å². The molecule has 2 aromatic heterocycles.